The van der Waals surface area contributed by atoms with E-state index in [1.165, 1.54) is 22.3 Å². The van der Waals surface area contributed by atoms with Crippen LogP contribution in [0.2, 0.25) is 0 Å². The van der Waals surface area contributed by atoms with Crippen LogP contribution in [0.1, 0.15) is 11.1 Å². The molecule has 0 saturated heterocycles. The SMILES string of the molecule is c1cc2cc(c1)-n1c[n+](c3ccccc31)C1(c3ccccc3-c3ccccc31)[n+]1cn(c3ncccc31)-c1cccc(c1)O2. The highest BCUT2D eigenvalue weighted by atomic mass is 16.5. The van der Waals surface area contributed by atoms with Crippen molar-refractivity contribution in [3.63, 3.8) is 0 Å². The smallest absolute Gasteiger partial charge is 0.307 e. The zero-order valence-electron chi connectivity index (χ0n) is 23.6. The Morgan fingerprint density at radius 2 is 1.14 bits per heavy atom. The summed E-state index contributed by atoms with van der Waals surface area (Å²) in [6, 6.07) is 47.0. The molecule has 1 aliphatic heterocycles. The minimum atomic E-state index is -0.763. The Morgan fingerprint density at radius 3 is 1.89 bits per heavy atom. The van der Waals surface area contributed by atoms with Crippen LogP contribution in [0.4, 0.5) is 0 Å². The van der Waals surface area contributed by atoms with Gasteiger partial charge in [-0.1, -0.05) is 60.7 Å². The molecule has 2 aliphatic rings. The Hall–Kier alpha value is -6.01. The van der Waals surface area contributed by atoms with E-state index < -0.39 is 5.66 Å². The fourth-order valence-electron chi connectivity index (χ4n) is 7.37. The molecule has 206 valence electrons. The quantitative estimate of drug-likeness (QED) is 0.187. The molecule has 6 heteroatoms. The molecular weight excluding hydrogens is 542 g/mol. The van der Waals surface area contributed by atoms with E-state index in [1.807, 2.05) is 30.5 Å². The van der Waals surface area contributed by atoms with Crippen LogP contribution >= 0.6 is 0 Å². The van der Waals surface area contributed by atoms with Gasteiger partial charge in [0.15, 0.2) is 16.6 Å². The molecule has 44 heavy (non-hydrogen) atoms. The normalized spacial score (nSPS) is 13.8. The van der Waals surface area contributed by atoms with E-state index in [-0.39, 0.29) is 0 Å². The lowest BCUT2D eigenvalue weighted by atomic mass is 9.95. The van der Waals surface area contributed by atoms with Gasteiger partial charge in [0.1, 0.15) is 22.9 Å². The van der Waals surface area contributed by atoms with Crippen molar-refractivity contribution in [2.24, 2.45) is 0 Å². The predicted octanol–water partition coefficient (Wildman–Crippen LogP) is 6.93. The molecule has 8 bridgehead atoms. The first-order valence-electron chi connectivity index (χ1n) is 14.8. The van der Waals surface area contributed by atoms with Gasteiger partial charge in [0.25, 0.3) is 18.3 Å². The monoisotopic (exact) mass is 567 g/mol. The van der Waals surface area contributed by atoms with Crippen molar-refractivity contribution in [1.82, 2.24) is 14.1 Å². The fourth-order valence-corrected chi connectivity index (χ4v) is 7.37. The Labute approximate surface area is 252 Å². The molecule has 5 aromatic carbocycles. The summed E-state index contributed by atoms with van der Waals surface area (Å²) in [5.74, 6) is 1.54. The number of aromatic nitrogens is 5. The molecule has 6 nitrogen and oxygen atoms in total. The topological polar surface area (TPSA) is 39.7 Å². The van der Waals surface area contributed by atoms with Gasteiger partial charge in [-0.05, 0) is 71.8 Å². The number of hydrogen-bond donors (Lipinski definition) is 0. The highest BCUT2D eigenvalue weighted by Gasteiger charge is 2.57. The van der Waals surface area contributed by atoms with Gasteiger partial charge < -0.3 is 4.74 Å². The largest absolute Gasteiger partial charge is 0.457 e. The van der Waals surface area contributed by atoms with E-state index in [0.717, 1.165) is 45.1 Å². The zero-order valence-corrected chi connectivity index (χ0v) is 23.6. The maximum atomic E-state index is 6.45. The number of nitrogens with zero attached hydrogens (tertiary/aromatic N) is 5. The van der Waals surface area contributed by atoms with Crippen molar-refractivity contribution in [2.45, 2.75) is 5.66 Å². The van der Waals surface area contributed by atoms with Gasteiger partial charge in [0, 0.05) is 18.3 Å². The highest BCUT2D eigenvalue weighted by molar-refractivity contribution is 5.81. The van der Waals surface area contributed by atoms with E-state index >= 15 is 0 Å². The Kier molecular flexibility index (Phi) is 4.56. The molecule has 0 N–H and O–H groups in total. The molecule has 1 aliphatic carbocycles. The molecule has 4 heterocycles. The summed E-state index contributed by atoms with van der Waals surface area (Å²) in [4.78, 5) is 4.95. The molecule has 0 unspecified atom stereocenters. The number of fused-ring (bicyclic) bond motifs is 23. The maximum absolute atomic E-state index is 6.45. The lowest BCUT2D eigenvalue weighted by Crippen LogP contribution is -2.73. The van der Waals surface area contributed by atoms with E-state index in [9.17, 15) is 0 Å². The lowest BCUT2D eigenvalue weighted by Gasteiger charge is -2.26. The minimum absolute atomic E-state index is 0.763. The number of imidazole rings is 2. The van der Waals surface area contributed by atoms with Gasteiger partial charge in [0.05, 0.1) is 11.1 Å². The standard InChI is InChI=1S/C38H25N5O/c1-3-16-32-30(14-1)31-15-2-4-17-33(31)38(32)42-24-40(34-18-5-6-19-35(34)42)26-10-7-12-28(22-26)44-29-13-8-11-27(23-29)41-25-43(38)36-20-9-21-39-37(36)41/h1-25H/q+2. The van der Waals surface area contributed by atoms with Crippen LogP contribution in [0.5, 0.6) is 11.5 Å². The molecule has 10 rings (SSSR count). The minimum Gasteiger partial charge on any atom is -0.457 e. The first kappa shape index (κ1) is 23.5. The van der Waals surface area contributed by atoms with Crippen molar-refractivity contribution in [3.8, 4) is 34.0 Å². The van der Waals surface area contributed by atoms with Crippen molar-refractivity contribution >= 4 is 22.2 Å². The van der Waals surface area contributed by atoms with Gasteiger partial charge in [-0.3, -0.25) is 0 Å². The van der Waals surface area contributed by atoms with E-state index in [4.69, 9.17) is 9.72 Å². The Bertz CT molecular complexity index is 2280. The number of benzene rings is 5. The second kappa shape index (κ2) is 8.52. The first-order valence-corrected chi connectivity index (χ1v) is 14.8. The molecule has 1 spiro atoms. The summed E-state index contributed by atoms with van der Waals surface area (Å²) in [5.41, 5.74) is 10.2. The predicted molar refractivity (Wildman–Crippen MR) is 168 cm³/mol. The van der Waals surface area contributed by atoms with Crippen molar-refractivity contribution < 1.29 is 13.9 Å². The third-order valence-electron chi connectivity index (χ3n) is 9.14. The first-order chi connectivity index (χ1) is 21.8. The van der Waals surface area contributed by atoms with Crippen LogP contribution in [0.25, 0.3) is 44.7 Å². The number of ether oxygens (including phenoxy) is 1. The molecule has 0 atom stereocenters. The average molecular weight is 568 g/mol. The van der Waals surface area contributed by atoms with Crippen LogP contribution in [0, 0.1) is 0 Å². The summed E-state index contributed by atoms with van der Waals surface area (Å²) >= 11 is 0. The van der Waals surface area contributed by atoms with Crippen LogP contribution in [-0.4, -0.2) is 14.1 Å². The van der Waals surface area contributed by atoms with Crippen LogP contribution in [0.3, 0.4) is 0 Å². The highest BCUT2D eigenvalue weighted by Crippen LogP contribution is 2.46. The van der Waals surface area contributed by atoms with E-state index in [1.54, 1.807) is 0 Å². The molecule has 0 radical (unpaired) electrons. The van der Waals surface area contributed by atoms with Crippen molar-refractivity contribution in [1.29, 1.82) is 0 Å². The summed E-state index contributed by atoms with van der Waals surface area (Å²) in [6.07, 6.45) is 6.32. The summed E-state index contributed by atoms with van der Waals surface area (Å²) in [5, 5.41) is 0. The molecule has 0 fully saturated rings. The van der Waals surface area contributed by atoms with Gasteiger partial charge in [-0.15, -0.1) is 0 Å². The zero-order chi connectivity index (χ0) is 28.8. The number of hydrogen-bond acceptors (Lipinski definition) is 2. The van der Waals surface area contributed by atoms with E-state index in [2.05, 4.69) is 140 Å². The van der Waals surface area contributed by atoms with Crippen molar-refractivity contribution in [3.05, 3.63) is 163 Å². The van der Waals surface area contributed by atoms with Gasteiger partial charge in [-0.2, -0.15) is 18.3 Å². The van der Waals surface area contributed by atoms with Crippen LogP contribution in [-0.2, 0) is 5.66 Å². The molecule has 8 aromatic rings. The molecule has 0 saturated carbocycles. The Morgan fingerprint density at radius 1 is 0.545 bits per heavy atom. The maximum Gasteiger partial charge on any atom is 0.307 e. The second-order valence-corrected chi connectivity index (χ2v) is 11.4. The number of para-hydroxylation sites is 2. The van der Waals surface area contributed by atoms with Crippen LogP contribution in [0.15, 0.2) is 152 Å². The average Bonchev–Trinajstić information content (AvgIpc) is 3.74. The summed E-state index contributed by atoms with van der Waals surface area (Å²) < 4.78 is 15.8. The second-order valence-electron chi connectivity index (χ2n) is 11.4. The van der Waals surface area contributed by atoms with E-state index in [0.29, 0.717) is 0 Å². The third kappa shape index (κ3) is 2.96. The Balaban J connectivity index is 1.47. The molecule has 0 amide bonds. The summed E-state index contributed by atoms with van der Waals surface area (Å²) in [6.45, 7) is 0. The summed E-state index contributed by atoms with van der Waals surface area (Å²) in [7, 11) is 0. The molecule has 3 aromatic heterocycles. The fraction of sp³-hybridized carbons (Fsp3) is 0.0263. The van der Waals surface area contributed by atoms with Gasteiger partial charge in [-0.25, -0.2) is 4.98 Å². The number of pyridine rings is 1. The van der Waals surface area contributed by atoms with Gasteiger partial charge >= 0.3 is 5.66 Å². The van der Waals surface area contributed by atoms with Gasteiger partial charge in [0.2, 0.25) is 0 Å². The number of rotatable bonds is 0. The van der Waals surface area contributed by atoms with Crippen LogP contribution < -0.4 is 13.9 Å². The lowest BCUT2D eigenvalue weighted by molar-refractivity contribution is -0.950. The molecular formula is C38H25N5O+2. The third-order valence-corrected chi connectivity index (χ3v) is 9.14. The van der Waals surface area contributed by atoms with Crippen molar-refractivity contribution in [2.75, 3.05) is 0 Å².